The van der Waals surface area contributed by atoms with Gasteiger partial charge in [-0.1, -0.05) is 41.0 Å². The standard InChI is InChI=1S/C14H30N2.C14H29N.CH4/c1-9-10-16-11-12(2,3)15(8)13(4,5)14(16,6)7;1-8-9-12-10-13(3,4)15(7)14(5,6)11(12)2;/h9-11H2,1-8H3;11-12H,8-10H2,1-7H3;1H4. The molecule has 0 amide bonds. The van der Waals surface area contributed by atoms with E-state index in [1.807, 2.05) is 0 Å². The second kappa shape index (κ2) is 10.6. The third kappa shape index (κ3) is 5.92. The Balaban J connectivity index is 0.000000584. The van der Waals surface area contributed by atoms with Gasteiger partial charge in [0, 0.05) is 34.2 Å². The van der Waals surface area contributed by atoms with Crippen molar-refractivity contribution >= 4 is 0 Å². The summed E-state index contributed by atoms with van der Waals surface area (Å²) < 4.78 is 0. The zero-order chi connectivity index (χ0) is 24.6. The molecule has 0 saturated carbocycles. The maximum Gasteiger partial charge on any atom is 0.0334 e. The van der Waals surface area contributed by atoms with Crippen molar-refractivity contribution in [2.24, 2.45) is 11.8 Å². The molecule has 0 aliphatic carbocycles. The zero-order valence-corrected chi connectivity index (χ0v) is 24.2. The Bertz CT molecular complexity index is 573. The molecule has 0 aromatic carbocycles. The summed E-state index contributed by atoms with van der Waals surface area (Å²) in [5, 5.41) is 0. The van der Waals surface area contributed by atoms with Gasteiger partial charge in [-0.2, -0.15) is 0 Å². The van der Waals surface area contributed by atoms with Crippen molar-refractivity contribution in [1.82, 2.24) is 14.7 Å². The maximum atomic E-state index is 2.66. The van der Waals surface area contributed by atoms with Gasteiger partial charge in [-0.15, -0.1) is 0 Å². The molecule has 2 rings (SSSR count). The minimum absolute atomic E-state index is 0. The van der Waals surface area contributed by atoms with Crippen molar-refractivity contribution in [3.63, 3.8) is 0 Å². The van der Waals surface area contributed by atoms with Gasteiger partial charge >= 0.3 is 0 Å². The minimum Gasteiger partial charge on any atom is -0.296 e. The molecule has 2 aliphatic rings. The SMILES string of the molecule is C.CCCC1CC(C)(C)N(C)C(C)(C)C1C.CCCN1CC(C)(C)N(C)C(C)(C)C1(C)C. The smallest absolute Gasteiger partial charge is 0.0334 e. The van der Waals surface area contributed by atoms with Crippen LogP contribution < -0.4 is 0 Å². The molecule has 0 aromatic rings. The lowest BCUT2D eigenvalue weighted by atomic mass is 9.66. The summed E-state index contributed by atoms with van der Waals surface area (Å²) in [6.07, 6.45) is 5.30. The Morgan fingerprint density at radius 2 is 1.22 bits per heavy atom. The molecule has 0 spiro atoms. The van der Waals surface area contributed by atoms with Crippen molar-refractivity contribution < 1.29 is 0 Å². The van der Waals surface area contributed by atoms with E-state index in [0.717, 1.165) is 18.4 Å². The van der Waals surface area contributed by atoms with Crippen LogP contribution >= 0.6 is 0 Å². The number of rotatable bonds is 4. The first-order valence-corrected chi connectivity index (χ1v) is 13.0. The fourth-order valence-electron chi connectivity index (χ4n) is 6.29. The van der Waals surface area contributed by atoms with Crippen LogP contribution in [0.15, 0.2) is 0 Å². The Morgan fingerprint density at radius 3 is 1.66 bits per heavy atom. The summed E-state index contributed by atoms with van der Waals surface area (Å²) in [7, 11) is 4.56. The van der Waals surface area contributed by atoms with Crippen LogP contribution in [0, 0.1) is 11.8 Å². The van der Waals surface area contributed by atoms with Gasteiger partial charge in [0.2, 0.25) is 0 Å². The lowest BCUT2D eigenvalue weighted by Crippen LogP contribution is -2.76. The van der Waals surface area contributed by atoms with Crippen LogP contribution in [0.2, 0.25) is 0 Å². The fourth-order valence-corrected chi connectivity index (χ4v) is 6.29. The van der Waals surface area contributed by atoms with E-state index in [1.54, 1.807) is 0 Å². The predicted octanol–water partition coefficient (Wildman–Crippen LogP) is 7.55. The molecule has 0 radical (unpaired) electrons. The molecule has 3 heteroatoms. The Labute approximate surface area is 204 Å². The van der Waals surface area contributed by atoms with E-state index < -0.39 is 0 Å². The lowest BCUT2D eigenvalue weighted by molar-refractivity contribution is -0.132. The second-order valence-electron chi connectivity index (χ2n) is 13.5. The van der Waals surface area contributed by atoms with Gasteiger partial charge < -0.3 is 0 Å². The molecule has 2 fully saturated rings. The summed E-state index contributed by atoms with van der Waals surface area (Å²) in [5.74, 6) is 1.70. The lowest BCUT2D eigenvalue weighted by Gasteiger charge is -2.64. The quantitative estimate of drug-likeness (QED) is 0.435. The number of hydrogen-bond acceptors (Lipinski definition) is 3. The van der Waals surface area contributed by atoms with Crippen molar-refractivity contribution in [3.05, 3.63) is 0 Å². The number of piperazine rings is 1. The number of piperidine rings is 1. The van der Waals surface area contributed by atoms with Gasteiger partial charge in [-0.25, -0.2) is 0 Å². The second-order valence-corrected chi connectivity index (χ2v) is 13.5. The van der Waals surface area contributed by atoms with E-state index in [-0.39, 0.29) is 24.0 Å². The van der Waals surface area contributed by atoms with Gasteiger partial charge in [0.25, 0.3) is 0 Å². The Hall–Kier alpha value is -0.120. The van der Waals surface area contributed by atoms with Gasteiger partial charge in [0.15, 0.2) is 0 Å². The summed E-state index contributed by atoms with van der Waals surface area (Å²) >= 11 is 0. The van der Waals surface area contributed by atoms with Crippen molar-refractivity contribution in [1.29, 1.82) is 0 Å². The molecule has 0 bridgehead atoms. The number of hydrogen-bond donors (Lipinski definition) is 0. The molecule has 194 valence electrons. The summed E-state index contributed by atoms with van der Waals surface area (Å²) in [5.41, 5.74) is 1.38. The first-order valence-electron chi connectivity index (χ1n) is 13.0. The first kappa shape index (κ1) is 31.9. The van der Waals surface area contributed by atoms with E-state index in [4.69, 9.17) is 0 Å². The predicted molar refractivity (Wildman–Crippen MR) is 147 cm³/mol. The molecule has 2 heterocycles. The monoisotopic (exact) mass is 454 g/mol. The summed E-state index contributed by atoms with van der Waals surface area (Å²) in [6.45, 7) is 33.2. The van der Waals surface area contributed by atoms with E-state index in [0.29, 0.717) is 11.1 Å². The number of nitrogens with zero attached hydrogens (tertiary/aromatic N) is 3. The zero-order valence-electron chi connectivity index (χ0n) is 24.2. The normalized spacial score (nSPS) is 31.2. The van der Waals surface area contributed by atoms with Gasteiger partial charge in [-0.3, -0.25) is 14.7 Å². The average molecular weight is 454 g/mol. The van der Waals surface area contributed by atoms with E-state index in [2.05, 4.69) is 119 Å². The molecule has 32 heavy (non-hydrogen) atoms. The third-order valence-corrected chi connectivity index (χ3v) is 10.1. The highest BCUT2D eigenvalue weighted by atomic mass is 15.4. The Kier molecular flexibility index (Phi) is 10.6. The van der Waals surface area contributed by atoms with Crippen LogP contribution in [-0.4, -0.2) is 69.6 Å². The summed E-state index contributed by atoms with van der Waals surface area (Å²) in [4.78, 5) is 7.79. The van der Waals surface area contributed by atoms with E-state index >= 15 is 0 Å². The highest BCUT2D eigenvalue weighted by Crippen LogP contribution is 2.45. The molecular formula is C29H63N3. The van der Waals surface area contributed by atoms with Crippen LogP contribution in [0.3, 0.4) is 0 Å². The molecule has 0 N–H and O–H groups in total. The number of likely N-dealkylation sites (tertiary alicyclic amines) is 1. The molecule has 2 aliphatic heterocycles. The summed E-state index contributed by atoms with van der Waals surface area (Å²) in [6, 6.07) is 0. The largest absolute Gasteiger partial charge is 0.296 e. The fraction of sp³-hybridized carbons (Fsp3) is 1.00. The third-order valence-electron chi connectivity index (χ3n) is 10.1. The highest BCUT2D eigenvalue weighted by Gasteiger charge is 2.53. The van der Waals surface area contributed by atoms with Gasteiger partial charge in [0.05, 0.1) is 0 Å². The minimum atomic E-state index is 0. The number of likely N-dealkylation sites (N-methyl/N-ethyl adjacent to an activating group) is 1. The average Bonchev–Trinajstić information content (AvgIpc) is 2.63. The Morgan fingerprint density at radius 1 is 0.719 bits per heavy atom. The molecule has 2 atom stereocenters. The van der Waals surface area contributed by atoms with Gasteiger partial charge in [0.1, 0.15) is 0 Å². The molecule has 2 saturated heterocycles. The molecule has 0 aromatic heterocycles. The van der Waals surface area contributed by atoms with E-state index in [9.17, 15) is 0 Å². The maximum absolute atomic E-state index is 2.66. The highest BCUT2D eigenvalue weighted by molar-refractivity contribution is 5.11. The van der Waals surface area contributed by atoms with Crippen molar-refractivity contribution in [3.8, 4) is 0 Å². The van der Waals surface area contributed by atoms with Crippen molar-refractivity contribution in [2.75, 3.05) is 27.2 Å². The topological polar surface area (TPSA) is 9.72 Å². The van der Waals surface area contributed by atoms with Crippen LogP contribution in [-0.2, 0) is 0 Å². The van der Waals surface area contributed by atoms with Crippen LogP contribution in [0.25, 0.3) is 0 Å². The first-order chi connectivity index (χ1) is 13.8. The van der Waals surface area contributed by atoms with E-state index in [1.165, 1.54) is 32.2 Å². The molecule has 2 unspecified atom stereocenters. The van der Waals surface area contributed by atoms with Crippen LogP contribution in [0.4, 0.5) is 0 Å². The van der Waals surface area contributed by atoms with Gasteiger partial charge in [-0.05, 0) is 115 Å². The van der Waals surface area contributed by atoms with Crippen LogP contribution in [0.1, 0.15) is 123 Å². The van der Waals surface area contributed by atoms with Crippen LogP contribution in [0.5, 0.6) is 0 Å². The molecular weight excluding hydrogens is 390 g/mol. The molecule has 3 nitrogen and oxygen atoms in total. The van der Waals surface area contributed by atoms with Crippen molar-refractivity contribution in [2.45, 2.75) is 151 Å².